The van der Waals surface area contributed by atoms with Crippen LogP contribution < -0.4 is 5.32 Å². The summed E-state index contributed by atoms with van der Waals surface area (Å²) >= 11 is 0. The lowest BCUT2D eigenvalue weighted by molar-refractivity contribution is -0.130. The molecule has 0 radical (unpaired) electrons. The molecule has 3 rings (SSSR count). The molecule has 1 saturated heterocycles. The first-order valence-corrected chi connectivity index (χ1v) is 9.47. The average molecular weight is 376 g/mol. The van der Waals surface area contributed by atoms with Crippen LogP contribution in [0.4, 0.5) is 5.69 Å². The molecule has 1 fully saturated rings. The molecule has 1 heterocycles. The van der Waals surface area contributed by atoms with Gasteiger partial charge in [0.1, 0.15) is 0 Å². The van der Waals surface area contributed by atoms with E-state index in [1.54, 1.807) is 35.2 Å². The van der Waals surface area contributed by atoms with Crippen LogP contribution in [0.25, 0.3) is 6.08 Å². The number of amides is 2. The summed E-state index contributed by atoms with van der Waals surface area (Å²) in [4.78, 5) is 38.1. The van der Waals surface area contributed by atoms with Gasteiger partial charge in [-0.2, -0.15) is 0 Å². The summed E-state index contributed by atoms with van der Waals surface area (Å²) < 4.78 is 0. The summed E-state index contributed by atoms with van der Waals surface area (Å²) in [5.41, 5.74) is 2.18. The number of anilines is 1. The van der Waals surface area contributed by atoms with Crippen LogP contribution >= 0.6 is 0 Å². The highest BCUT2D eigenvalue weighted by molar-refractivity contribution is 5.97. The molecular formula is C23H24N2O3. The SMILES string of the molecule is CC(=O)c1cccc(NC(=O)C2CCN(C(=O)/C=C/c3ccccc3)CC2)c1. The maximum Gasteiger partial charge on any atom is 0.246 e. The highest BCUT2D eigenvalue weighted by Gasteiger charge is 2.26. The zero-order valence-electron chi connectivity index (χ0n) is 15.9. The summed E-state index contributed by atoms with van der Waals surface area (Å²) in [6.07, 6.45) is 4.65. The minimum absolute atomic E-state index is 0.0307. The molecule has 0 aromatic heterocycles. The molecule has 0 unspecified atom stereocenters. The monoisotopic (exact) mass is 376 g/mol. The predicted octanol–water partition coefficient (Wildman–Crippen LogP) is 3.78. The minimum Gasteiger partial charge on any atom is -0.339 e. The van der Waals surface area contributed by atoms with Crippen LogP contribution in [0.2, 0.25) is 0 Å². The molecule has 5 heteroatoms. The van der Waals surface area contributed by atoms with Gasteiger partial charge in [-0.25, -0.2) is 0 Å². The van der Waals surface area contributed by atoms with E-state index < -0.39 is 0 Å². The summed E-state index contributed by atoms with van der Waals surface area (Å²) in [5.74, 6) is -0.265. The lowest BCUT2D eigenvalue weighted by Crippen LogP contribution is -2.40. The van der Waals surface area contributed by atoms with E-state index in [0.29, 0.717) is 37.2 Å². The highest BCUT2D eigenvalue weighted by atomic mass is 16.2. The molecule has 0 aliphatic carbocycles. The summed E-state index contributed by atoms with van der Waals surface area (Å²) in [6, 6.07) is 16.6. The van der Waals surface area contributed by atoms with Gasteiger partial charge in [-0.1, -0.05) is 42.5 Å². The van der Waals surface area contributed by atoms with Crippen molar-refractivity contribution in [2.24, 2.45) is 5.92 Å². The van der Waals surface area contributed by atoms with E-state index in [9.17, 15) is 14.4 Å². The molecule has 1 N–H and O–H groups in total. The fourth-order valence-electron chi connectivity index (χ4n) is 3.26. The molecule has 0 spiro atoms. The number of likely N-dealkylation sites (tertiary alicyclic amines) is 1. The number of hydrogen-bond acceptors (Lipinski definition) is 3. The van der Waals surface area contributed by atoms with Crippen LogP contribution in [-0.4, -0.2) is 35.6 Å². The fourth-order valence-corrected chi connectivity index (χ4v) is 3.26. The number of hydrogen-bond donors (Lipinski definition) is 1. The number of nitrogens with one attached hydrogen (secondary N) is 1. The van der Waals surface area contributed by atoms with Crippen molar-refractivity contribution in [3.63, 3.8) is 0 Å². The molecule has 0 atom stereocenters. The minimum atomic E-state index is -0.136. The molecule has 1 aliphatic heterocycles. The van der Waals surface area contributed by atoms with E-state index in [4.69, 9.17) is 0 Å². The molecule has 2 aromatic carbocycles. The second-order valence-electron chi connectivity index (χ2n) is 6.97. The molecule has 2 amide bonds. The third kappa shape index (κ3) is 5.16. The Morgan fingerprint density at radius 1 is 1.00 bits per heavy atom. The maximum absolute atomic E-state index is 12.5. The van der Waals surface area contributed by atoms with Crippen LogP contribution in [-0.2, 0) is 9.59 Å². The lowest BCUT2D eigenvalue weighted by Gasteiger charge is -2.30. The predicted molar refractivity (Wildman–Crippen MR) is 110 cm³/mol. The number of rotatable bonds is 5. The van der Waals surface area contributed by atoms with Gasteiger partial charge in [-0.15, -0.1) is 0 Å². The van der Waals surface area contributed by atoms with Crippen molar-refractivity contribution in [3.05, 3.63) is 71.8 Å². The van der Waals surface area contributed by atoms with E-state index in [1.807, 2.05) is 36.4 Å². The van der Waals surface area contributed by atoms with Crippen molar-refractivity contribution >= 4 is 29.4 Å². The molecule has 1 aliphatic rings. The van der Waals surface area contributed by atoms with Crippen LogP contribution in [0, 0.1) is 5.92 Å². The first kappa shape index (κ1) is 19.5. The van der Waals surface area contributed by atoms with Crippen LogP contribution in [0.1, 0.15) is 35.7 Å². The molecule has 2 aromatic rings. The molecule has 144 valence electrons. The summed E-state index contributed by atoms with van der Waals surface area (Å²) in [6.45, 7) is 2.62. The Labute approximate surface area is 165 Å². The number of carbonyl (C=O) groups is 3. The standard InChI is InChI=1S/C23H24N2O3/c1-17(26)20-8-5-9-21(16-20)24-23(28)19-12-14-25(15-13-19)22(27)11-10-18-6-3-2-4-7-18/h2-11,16,19H,12-15H2,1H3,(H,24,28)/b11-10+. The Balaban J connectivity index is 1.51. The summed E-state index contributed by atoms with van der Waals surface area (Å²) in [5, 5.41) is 2.89. The topological polar surface area (TPSA) is 66.5 Å². The van der Waals surface area contributed by atoms with Crippen molar-refractivity contribution in [2.75, 3.05) is 18.4 Å². The van der Waals surface area contributed by atoms with E-state index >= 15 is 0 Å². The zero-order chi connectivity index (χ0) is 19.9. The van der Waals surface area contributed by atoms with Gasteiger partial charge in [0.2, 0.25) is 11.8 Å². The van der Waals surface area contributed by atoms with Crippen molar-refractivity contribution in [1.82, 2.24) is 4.90 Å². The molecular weight excluding hydrogens is 352 g/mol. The summed E-state index contributed by atoms with van der Waals surface area (Å²) in [7, 11) is 0. The highest BCUT2D eigenvalue weighted by Crippen LogP contribution is 2.20. The first-order chi connectivity index (χ1) is 13.5. The molecule has 0 bridgehead atoms. The van der Waals surface area contributed by atoms with Crippen molar-refractivity contribution in [2.45, 2.75) is 19.8 Å². The Kier molecular flexibility index (Phi) is 6.37. The fraction of sp³-hybridized carbons (Fsp3) is 0.261. The number of benzene rings is 2. The molecule has 28 heavy (non-hydrogen) atoms. The zero-order valence-corrected chi connectivity index (χ0v) is 15.9. The second-order valence-corrected chi connectivity index (χ2v) is 6.97. The van der Waals surface area contributed by atoms with Gasteiger partial charge in [0, 0.05) is 36.3 Å². The first-order valence-electron chi connectivity index (χ1n) is 9.47. The van der Waals surface area contributed by atoms with E-state index in [0.717, 1.165) is 5.56 Å². The number of carbonyl (C=O) groups excluding carboxylic acids is 3. The van der Waals surface area contributed by atoms with E-state index in [-0.39, 0.29) is 23.5 Å². The van der Waals surface area contributed by atoms with Crippen LogP contribution in [0.3, 0.4) is 0 Å². The number of ketones is 1. The lowest BCUT2D eigenvalue weighted by atomic mass is 9.95. The Morgan fingerprint density at radius 3 is 2.39 bits per heavy atom. The second kappa shape index (κ2) is 9.13. The molecule has 0 saturated carbocycles. The van der Waals surface area contributed by atoms with Crippen molar-refractivity contribution in [1.29, 1.82) is 0 Å². The Morgan fingerprint density at radius 2 is 1.71 bits per heavy atom. The van der Waals surface area contributed by atoms with Crippen LogP contribution in [0.5, 0.6) is 0 Å². The molecule has 5 nitrogen and oxygen atoms in total. The average Bonchev–Trinajstić information content (AvgIpc) is 2.73. The normalized spacial score (nSPS) is 14.8. The van der Waals surface area contributed by atoms with Gasteiger partial charge in [-0.3, -0.25) is 14.4 Å². The van der Waals surface area contributed by atoms with Crippen LogP contribution in [0.15, 0.2) is 60.7 Å². The van der Waals surface area contributed by atoms with Gasteiger partial charge >= 0.3 is 0 Å². The Bertz CT molecular complexity index is 882. The van der Waals surface area contributed by atoms with Gasteiger partial charge in [0.15, 0.2) is 5.78 Å². The van der Waals surface area contributed by atoms with E-state index in [2.05, 4.69) is 5.32 Å². The maximum atomic E-state index is 12.5. The van der Waals surface area contributed by atoms with Gasteiger partial charge in [0.05, 0.1) is 0 Å². The van der Waals surface area contributed by atoms with Crippen molar-refractivity contribution < 1.29 is 14.4 Å². The van der Waals surface area contributed by atoms with Gasteiger partial charge in [0.25, 0.3) is 0 Å². The number of Topliss-reactive ketones (excluding diaryl/α,β-unsaturated/α-hetero) is 1. The quantitative estimate of drug-likeness (QED) is 0.638. The largest absolute Gasteiger partial charge is 0.339 e. The number of piperidine rings is 1. The van der Waals surface area contributed by atoms with Gasteiger partial charge < -0.3 is 10.2 Å². The van der Waals surface area contributed by atoms with E-state index in [1.165, 1.54) is 6.92 Å². The number of nitrogens with zero attached hydrogens (tertiary/aromatic N) is 1. The third-order valence-electron chi connectivity index (χ3n) is 4.93. The van der Waals surface area contributed by atoms with Crippen molar-refractivity contribution in [3.8, 4) is 0 Å². The van der Waals surface area contributed by atoms with Gasteiger partial charge in [-0.05, 0) is 43.5 Å². The third-order valence-corrected chi connectivity index (χ3v) is 4.93. The Hall–Kier alpha value is -3.21. The smallest absolute Gasteiger partial charge is 0.246 e.